The SMILES string of the molecule is [2H]C([2H])([2H])[13C](=O)N[C@H]1[C@H](OP(=O)(O)OP(=O)(O)OC[C@H]2O[C@@H](n3ccc(=O)[nH]c3=O)[C@H](O)[C@@H]2O)O[C@H](CO)[C@@H](O)[C@@H]1O. The first-order valence-corrected chi connectivity index (χ1v) is 13.7. The maximum absolute atomic E-state index is 12.5. The Morgan fingerprint density at radius 3 is 2.38 bits per heavy atom. The number of carbonyl (C=O) groups is 1. The van der Waals surface area contributed by atoms with Gasteiger partial charge in [-0.25, -0.2) is 13.9 Å². The summed E-state index contributed by atoms with van der Waals surface area (Å²) in [4.78, 5) is 57.0. The van der Waals surface area contributed by atoms with Crippen molar-refractivity contribution in [2.24, 2.45) is 0 Å². The van der Waals surface area contributed by atoms with Crippen LogP contribution in [0.15, 0.2) is 21.9 Å². The van der Waals surface area contributed by atoms with Gasteiger partial charge in [-0.1, -0.05) is 0 Å². The van der Waals surface area contributed by atoms with Crippen molar-refractivity contribution in [2.45, 2.75) is 62.0 Å². The van der Waals surface area contributed by atoms with Gasteiger partial charge in [-0.15, -0.1) is 0 Å². The zero-order valence-corrected chi connectivity index (χ0v) is 21.1. The molecule has 2 unspecified atom stereocenters. The normalized spacial score (nSPS) is 37.6. The van der Waals surface area contributed by atoms with Crippen LogP contribution in [0.4, 0.5) is 0 Å². The fourth-order valence-electron chi connectivity index (χ4n) is 3.67. The highest BCUT2D eigenvalue weighted by molar-refractivity contribution is 7.61. The summed E-state index contributed by atoms with van der Waals surface area (Å²) in [5.41, 5.74) is -1.81. The van der Waals surface area contributed by atoms with E-state index in [4.69, 9.17) is 13.6 Å². The molecule has 3 heterocycles. The van der Waals surface area contributed by atoms with E-state index in [1.165, 1.54) is 0 Å². The van der Waals surface area contributed by atoms with Gasteiger partial charge in [0.15, 0.2) is 12.5 Å². The second-order valence-corrected chi connectivity index (χ2v) is 11.2. The van der Waals surface area contributed by atoms with E-state index in [2.05, 4.69) is 13.4 Å². The van der Waals surface area contributed by atoms with Gasteiger partial charge in [-0.2, -0.15) is 4.31 Å². The molecule has 2 aliphatic heterocycles. The number of ether oxygens (including phenoxy) is 2. The minimum absolute atomic E-state index is 0.691. The number of aromatic amines is 1. The fourth-order valence-corrected chi connectivity index (χ4v) is 5.84. The molecule has 0 bridgehead atoms. The van der Waals surface area contributed by atoms with Crippen LogP contribution in [-0.2, 0) is 36.8 Å². The summed E-state index contributed by atoms with van der Waals surface area (Å²) >= 11 is 0. The summed E-state index contributed by atoms with van der Waals surface area (Å²) in [6.45, 7) is -5.42. The molecule has 39 heavy (non-hydrogen) atoms. The Labute approximate surface area is 221 Å². The van der Waals surface area contributed by atoms with Crippen LogP contribution in [0.25, 0.3) is 0 Å². The summed E-state index contributed by atoms with van der Waals surface area (Å²) in [5.74, 6) is -1.72. The minimum atomic E-state index is -5.81. The van der Waals surface area contributed by atoms with E-state index in [0.717, 1.165) is 12.3 Å². The van der Waals surface area contributed by atoms with E-state index in [1.807, 2.05) is 4.98 Å². The molecule has 11 atom stereocenters. The lowest BCUT2D eigenvalue weighted by molar-refractivity contribution is -0.247. The molecule has 22 heteroatoms. The fraction of sp³-hybridized carbons (Fsp3) is 0.706. The third-order valence-electron chi connectivity index (χ3n) is 5.49. The Morgan fingerprint density at radius 2 is 1.77 bits per heavy atom. The van der Waals surface area contributed by atoms with Gasteiger partial charge in [0.2, 0.25) is 5.91 Å². The Bertz CT molecular complexity index is 1340. The van der Waals surface area contributed by atoms with Crippen LogP contribution in [-0.4, -0.2) is 113 Å². The van der Waals surface area contributed by atoms with Crippen LogP contribution >= 0.6 is 15.6 Å². The molecule has 0 aromatic carbocycles. The van der Waals surface area contributed by atoms with E-state index in [-0.39, 0.29) is 0 Å². The number of aliphatic hydroxyl groups excluding tert-OH is 5. The highest BCUT2D eigenvalue weighted by atomic mass is 31.3. The number of H-pyrrole nitrogens is 1. The number of hydrogen-bond acceptors (Lipinski definition) is 15. The van der Waals surface area contributed by atoms with Crippen LogP contribution in [0.1, 0.15) is 17.2 Å². The second-order valence-electron chi connectivity index (χ2n) is 8.19. The number of amides is 1. The number of phosphoric acid groups is 2. The third-order valence-corrected chi connectivity index (χ3v) is 8.09. The molecule has 1 aromatic heterocycles. The lowest BCUT2D eigenvalue weighted by Gasteiger charge is -2.42. The Morgan fingerprint density at radius 1 is 1.10 bits per heavy atom. The number of carbonyl (C=O) groups excluding carboxylic acids is 1. The standard InChI is InChI=1S/C17H27N3O17P2/c1-6(22)18-10-13(26)11(24)7(4-21)35-16(10)36-39(31,32)37-38(29,30)33-5-8-12(25)14(27)15(34-8)20-3-2-9(23)19-17(20)28/h2-3,7-8,10-16,21,24-27H,4-5H2,1H3,(H,18,22)(H,29,30)(H,31,32)(H,19,23,28)/t7-,8-,10-,11-,12-,13-,14-,15-,16+/m1/s1/i1D3,6+1. The first-order valence-electron chi connectivity index (χ1n) is 12.2. The summed E-state index contributed by atoms with van der Waals surface area (Å²) in [5, 5.41) is 51.7. The molecule has 0 saturated carbocycles. The van der Waals surface area contributed by atoms with Crippen molar-refractivity contribution in [2.75, 3.05) is 13.2 Å². The number of aliphatic hydroxyl groups is 5. The summed E-state index contributed by atoms with van der Waals surface area (Å²) in [7, 11) is -11.4. The molecule has 0 radical (unpaired) electrons. The predicted molar refractivity (Wildman–Crippen MR) is 120 cm³/mol. The van der Waals surface area contributed by atoms with Crippen molar-refractivity contribution < 1.29 is 76.2 Å². The maximum atomic E-state index is 12.5. The molecule has 222 valence electrons. The molecule has 9 N–H and O–H groups in total. The molecule has 1 aromatic rings. The summed E-state index contributed by atoms with van der Waals surface area (Å²) < 4.78 is 70.4. The molecule has 20 nitrogen and oxygen atoms in total. The van der Waals surface area contributed by atoms with Gasteiger partial charge >= 0.3 is 21.3 Å². The quantitative estimate of drug-likeness (QED) is 0.0887. The molecule has 0 aliphatic carbocycles. The van der Waals surface area contributed by atoms with Crippen molar-refractivity contribution in [3.8, 4) is 0 Å². The highest BCUT2D eigenvalue weighted by Crippen LogP contribution is 2.61. The van der Waals surface area contributed by atoms with Crippen molar-refractivity contribution in [3.63, 3.8) is 0 Å². The largest absolute Gasteiger partial charge is 0.483 e. The zero-order valence-electron chi connectivity index (χ0n) is 22.3. The number of aromatic nitrogens is 2. The molecular formula is C17H27N3O17P2. The van der Waals surface area contributed by atoms with Crippen LogP contribution in [0.3, 0.4) is 0 Å². The maximum Gasteiger partial charge on any atom is 0.483 e. The highest BCUT2D eigenvalue weighted by Gasteiger charge is 2.50. The Hall–Kier alpha value is -1.87. The molecule has 2 saturated heterocycles. The molecule has 0 spiro atoms. The minimum Gasteiger partial charge on any atom is -0.394 e. The number of phosphoric ester groups is 2. The number of hydrogen-bond donors (Lipinski definition) is 9. The summed E-state index contributed by atoms with van der Waals surface area (Å²) in [6.07, 6.45) is -14.2. The van der Waals surface area contributed by atoms with E-state index in [9.17, 15) is 58.8 Å². The number of nitrogens with one attached hydrogen (secondary N) is 2. The van der Waals surface area contributed by atoms with Gasteiger partial charge in [-0.05, 0) is 0 Å². The van der Waals surface area contributed by atoms with E-state index >= 15 is 0 Å². The zero-order chi connectivity index (χ0) is 31.8. The van der Waals surface area contributed by atoms with Gasteiger partial charge in [0.25, 0.3) is 5.56 Å². The van der Waals surface area contributed by atoms with Crippen LogP contribution < -0.4 is 16.6 Å². The van der Waals surface area contributed by atoms with E-state index in [0.29, 0.717) is 4.57 Å². The molecule has 1 amide bonds. The van der Waals surface area contributed by atoms with Crippen LogP contribution in [0.5, 0.6) is 0 Å². The van der Waals surface area contributed by atoms with Gasteiger partial charge in [0.1, 0.15) is 42.7 Å². The average Bonchev–Trinajstić information content (AvgIpc) is 3.14. The lowest BCUT2D eigenvalue weighted by Crippen LogP contribution is -2.64. The molecule has 2 aliphatic rings. The third kappa shape index (κ3) is 7.66. The lowest BCUT2D eigenvalue weighted by atomic mass is 9.97. The summed E-state index contributed by atoms with van der Waals surface area (Å²) in [6, 6.07) is -1.18. The van der Waals surface area contributed by atoms with E-state index in [1.54, 1.807) is 5.32 Å². The van der Waals surface area contributed by atoms with E-state index < -0.39 is 108 Å². The molecular weight excluding hydrogens is 581 g/mol. The first kappa shape index (κ1) is 27.3. The number of nitrogens with zero attached hydrogens (tertiary/aromatic N) is 1. The topological polar surface area (TPSA) is 306 Å². The van der Waals surface area contributed by atoms with Crippen molar-refractivity contribution in [1.29, 1.82) is 0 Å². The molecule has 3 rings (SSSR count). The van der Waals surface area contributed by atoms with Gasteiger partial charge in [-0.3, -0.25) is 28.2 Å². The number of rotatable bonds is 10. The van der Waals surface area contributed by atoms with Crippen LogP contribution in [0.2, 0.25) is 0 Å². The predicted octanol–water partition coefficient (Wildman–Crippen LogP) is -4.65. The van der Waals surface area contributed by atoms with Gasteiger partial charge < -0.3 is 50.1 Å². The van der Waals surface area contributed by atoms with Gasteiger partial charge in [0, 0.05) is 23.2 Å². The van der Waals surface area contributed by atoms with Crippen molar-refractivity contribution in [1.82, 2.24) is 14.9 Å². The first-order chi connectivity index (χ1) is 19.3. The van der Waals surface area contributed by atoms with Gasteiger partial charge in [0.05, 0.1) is 13.2 Å². The Kier molecular flexibility index (Phi) is 8.63. The molecule has 2 fully saturated rings. The van der Waals surface area contributed by atoms with Crippen LogP contribution in [0, 0.1) is 0 Å². The Balaban J connectivity index is 1.69. The van der Waals surface area contributed by atoms with Crippen molar-refractivity contribution in [3.05, 3.63) is 33.1 Å². The second kappa shape index (κ2) is 12.3. The smallest absolute Gasteiger partial charge is 0.394 e. The average molecular weight is 611 g/mol. The van der Waals surface area contributed by atoms with Crippen molar-refractivity contribution >= 4 is 21.6 Å². The monoisotopic (exact) mass is 611 g/mol.